The van der Waals surface area contributed by atoms with Crippen molar-refractivity contribution in [2.45, 2.75) is 11.4 Å². The van der Waals surface area contributed by atoms with Gasteiger partial charge in [-0.2, -0.15) is 0 Å². The van der Waals surface area contributed by atoms with Crippen molar-refractivity contribution in [1.82, 2.24) is 10.6 Å². The largest absolute Gasteiger partial charge is 0.490 e. The summed E-state index contributed by atoms with van der Waals surface area (Å²) in [5.41, 5.74) is 1.59. The standard InChI is InChI=1S/C24H24N2O3S2/c1-31-22-13-7-18(8-14-22)17-25-24(30)26-23(27)19-9-11-21(12-10-19)29-16-15-28-20-5-3-2-4-6-20/h2-14H,15-17H2,1H3,(H2,25,26,27,30). The molecule has 5 nitrogen and oxygen atoms in total. The minimum atomic E-state index is -0.269. The maximum atomic E-state index is 12.4. The molecule has 0 fully saturated rings. The third kappa shape index (κ3) is 7.62. The first-order chi connectivity index (χ1) is 15.1. The van der Waals surface area contributed by atoms with Gasteiger partial charge in [0.1, 0.15) is 24.7 Å². The number of carbonyl (C=O) groups excluding carboxylic acids is 1. The summed E-state index contributed by atoms with van der Waals surface area (Å²) in [5, 5.41) is 6.03. The number of thiocarbonyl (C=S) groups is 1. The van der Waals surface area contributed by atoms with E-state index in [0.717, 1.165) is 11.3 Å². The molecule has 2 N–H and O–H groups in total. The van der Waals surface area contributed by atoms with Crippen LogP contribution in [0.2, 0.25) is 0 Å². The molecule has 3 aromatic rings. The Hall–Kier alpha value is -3.03. The first-order valence-corrected chi connectivity index (χ1v) is 11.4. The van der Waals surface area contributed by atoms with Gasteiger partial charge in [0.05, 0.1) is 0 Å². The lowest BCUT2D eigenvalue weighted by Gasteiger charge is -2.11. The quantitative estimate of drug-likeness (QED) is 0.280. The third-order valence-corrected chi connectivity index (χ3v) is 5.31. The van der Waals surface area contributed by atoms with E-state index in [-0.39, 0.29) is 11.0 Å². The highest BCUT2D eigenvalue weighted by Gasteiger charge is 2.08. The molecule has 3 aromatic carbocycles. The molecule has 0 radical (unpaired) electrons. The van der Waals surface area contributed by atoms with E-state index < -0.39 is 0 Å². The minimum absolute atomic E-state index is 0.269. The van der Waals surface area contributed by atoms with E-state index in [0.29, 0.717) is 31.1 Å². The molecule has 1 amide bonds. The predicted octanol–water partition coefficient (Wildman–Crippen LogP) is 4.67. The molecule has 3 rings (SSSR count). The maximum absolute atomic E-state index is 12.4. The molecule has 0 aliphatic rings. The average Bonchev–Trinajstić information content (AvgIpc) is 2.82. The lowest BCUT2D eigenvalue weighted by molar-refractivity contribution is 0.0976. The highest BCUT2D eigenvalue weighted by molar-refractivity contribution is 7.98. The van der Waals surface area contributed by atoms with E-state index in [1.165, 1.54) is 4.90 Å². The molecular weight excluding hydrogens is 428 g/mol. The van der Waals surface area contributed by atoms with Gasteiger partial charge in [-0.25, -0.2) is 0 Å². The van der Waals surface area contributed by atoms with Crippen LogP contribution in [0.4, 0.5) is 0 Å². The van der Waals surface area contributed by atoms with Crippen LogP contribution in [0.25, 0.3) is 0 Å². The number of benzene rings is 3. The second kappa shape index (κ2) is 12.0. The summed E-state index contributed by atoms with van der Waals surface area (Å²) in [6, 6.07) is 24.7. The summed E-state index contributed by atoms with van der Waals surface area (Å²) < 4.78 is 11.2. The second-order valence-corrected chi connectivity index (χ2v) is 7.81. The van der Waals surface area contributed by atoms with E-state index in [2.05, 4.69) is 22.8 Å². The van der Waals surface area contributed by atoms with E-state index in [9.17, 15) is 4.79 Å². The molecule has 160 valence electrons. The summed E-state index contributed by atoms with van der Waals surface area (Å²) >= 11 is 6.92. The number of hydrogen-bond donors (Lipinski definition) is 2. The Morgan fingerprint density at radius 3 is 2.10 bits per heavy atom. The molecule has 0 atom stereocenters. The number of rotatable bonds is 9. The molecule has 0 aliphatic carbocycles. The van der Waals surface area contributed by atoms with Gasteiger partial charge in [-0.1, -0.05) is 30.3 Å². The fourth-order valence-electron chi connectivity index (χ4n) is 2.68. The van der Waals surface area contributed by atoms with Crippen molar-refractivity contribution in [2.24, 2.45) is 0 Å². The first-order valence-electron chi connectivity index (χ1n) is 9.77. The van der Waals surface area contributed by atoms with Gasteiger partial charge in [-0.3, -0.25) is 10.1 Å². The van der Waals surface area contributed by atoms with Gasteiger partial charge in [0.2, 0.25) is 0 Å². The van der Waals surface area contributed by atoms with Crippen molar-refractivity contribution in [1.29, 1.82) is 0 Å². The topological polar surface area (TPSA) is 59.6 Å². The average molecular weight is 453 g/mol. The fraction of sp³-hybridized carbons (Fsp3) is 0.167. The van der Waals surface area contributed by atoms with Gasteiger partial charge in [0.15, 0.2) is 5.11 Å². The van der Waals surface area contributed by atoms with Crippen LogP contribution in [0.3, 0.4) is 0 Å². The molecule has 0 saturated heterocycles. The van der Waals surface area contributed by atoms with Crippen LogP contribution in [0.1, 0.15) is 15.9 Å². The normalized spacial score (nSPS) is 10.2. The summed E-state index contributed by atoms with van der Waals surface area (Å²) in [4.78, 5) is 13.6. The molecule has 0 spiro atoms. The van der Waals surface area contributed by atoms with Crippen molar-refractivity contribution >= 4 is 35.0 Å². The molecule has 7 heteroatoms. The van der Waals surface area contributed by atoms with Gasteiger partial charge in [-0.15, -0.1) is 11.8 Å². The Balaban J connectivity index is 1.39. The van der Waals surface area contributed by atoms with E-state index in [4.69, 9.17) is 21.7 Å². The van der Waals surface area contributed by atoms with Crippen molar-refractivity contribution < 1.29 is 14.3 Å². The predicted molar refractivity (Wildman–Crippen MR) is 129 cm³/mol. The van der Waals surface area contributed by atoms with Crippen molar-refractivity contribution in [3.05, 3.63) is 90.0 Å². The highest BCUT2D eigenvalue weighted by atomic mass is 32.2. The van der Waals surface area contributed by atoms with Crippen LogP contribution in [0, 0.1) is 0 Å². The maximum Gasteiger partial charge on any atom is 0.257 e. The minimum Gasteiger partial charge on any atom is -0.490 e. The SMILES string of the molecule is CSc1ccc(CNC(=S)NC(=O)c2ccc(OCCOc3ccccc3)cc2)cc1. The molecular formula is C24H24N2O3S2. The van der Waals surface area contributed by atoms with Crippen LogP contribution in [-0.2, 0) is 6.54 Å². The molecule has 0 aliphatic heterocycles. The molecule has 0 bridgehead atoms. The lowest BCUT2D eigenvalue weighted by Crippen LogP contribution is -2.38. The Morgan fingerprint density at radius 1 is 0.871 bits per heavy atom. The van der Waals surface area contributed by atoms with Gasteiger partial charge in [-0.05, 0) is 72.6 Å². The van der Waals surface area contributed by atoms with Crippen LogP contribution >= 0.6 is 24.0 Å². The zero-order valence-corrected chi connectivity index (χ0v) is 18.8. The number of amides is 1. The zero-order chi connectivity index (χ0) is 21.9. The highest BCUT2D eigenvalue weighted by Crippen LogP contribution is 2.15. The molecule has 0 heterocycles. The lowest BCUT2D eigenvalue weighted by atomic mass is 10.2. The van der Waals surface area contributed by atoms with Crippen LogP contribution < -0.4 is 20.1 Å². The van der Waals surface area contributed by atoms with Crippen molar-refractivity contribution in [3.63, 3.8) is 0 Å². The smallest absolute Gasteiger partial charge is 0.257 e. The van der Waals surface area contributed by atoms with E-state index >= 15 is 0 Å². The molecule has 0 unspecified atom stereocenters. The number of ether oxygens (including phenoxy) is 2. The Labute approximate surface area is 192 Å². The van der Waals surface area contributed by atoms with Crippen LogP contribution in [0.15, 0.2) is 83.8 Å². The Kier molecular flexibility index (Phi) is 8.75. The first kappa shape index (κ1) is 22.7. The van der Waals surface area contributed by atoms with E-state index in [1.807, 2.05) is 48.7 Å². The van der Waals surface area contributed by atoms with Gasteiger partial charge >= 0.3 is 0 Å². The summed E-state index contributed by atoms with van der Waals surface area (Å²) in [6.07, 6.45) is 2.04. The van der Waals surface area contributed by atoms with Crippen LogP contribution in [-0.4, -0.2) is 30.5 Å². The molecule has 0 aromatic heterocycles. The number of thioether (sulfide) groups is 1. The number of hydrogen-bond acceptors (Lipinski definition) is 5. The van der Waals surface area contributed by atoms with Gasteiger partial charge in [0.25, 0.3) is 5.91 Å². The third-order valence-electron chi connectivity index (χ3n) is 4.32. The molecule has 31 heavy (non-hydrogen) atoms. The summed E-state index contributed by atoms with van der Waals surface area (Å²) in [5.74, 6) is 1.21. The summed E-state index contributed by atoms with van der Waals surface area (Å²) in [7, 11) is 0. The number of carbonyl (C=O) groups is 1. The number of para-hydroxylation sites is 1. The fourth-order valence-corrected chi connectivity index (χ4v) is 3.26. The van der Waals surface area contributed by atoms with Gasteiger partial charge in [0, 0.05) is 17.0 Å². The summed E-state index contributed by atoms with van der Waals surface area (Å²) in [6.45, 7) is 1.39. The van der Waals surface area contributed by atoms with Crippen molar-refractivity contribution in [3.8, 4) is 11.5 Å². The van der Waals surface area contributed by atoms with Gasteiger partial charge < -0.3 is 14.8 Å². The number of nitrogens with one attached hydrogen (secondary N) is 2. The van der Waals surface area contributed by atoms with Crippen LogP contribution in [0.5, 0.6) is 11.5 Å². The van der Waals surface area contributed by atoms with Crippen molar-refractivity contribution in [2.75, 3.05) is 19.5 Å². The Morgan fingerprint density at radius 2 is 1.48 bits per heavy atom. The zero-order valence-electron chi connectivity index (χ0n) is 17.2. The second-order valence-electron chi connectivity index (χ2n) is 6.52. The Bertz CT molecular complexity index is 978. The monoisotopic (exact) mass is 452 g/mol. The molecule has 0 saturated carbocycles. The van der Waals surface area contributed by atoms with E-state index in [1.54, 1.807) is 36.0 Å².